The van der Waals surface area contributed by atoms with Crippen LogP contribution in [0.4, 0.5) is 0 Å². The minimum Gasteiger partial charge on any atom is -0.478 e. The van der Waals surface area contributed by atoms with E-state index in [9.17, 15) is 14.7 Å². The fourth-order valence-corrected chi connectivity index (χ4v) is 6.66. The number of aromatic nitrogens is 3. The highest BCUT2D eigenvalue weighted by Crippen LogP contribution is 2.44. The molecule has 7 rings (SSSR count). The van der Waals surface area contributed by atoms with E-state index < -0.39 is 5.97 Å². The number of nitrogens with zero attached hydrogens (tertiary/aromatic N) is 4. The summed E-state index contributed by atoms with van der Waals surface area (Å²) in [6.45, 7) is 2.23. The number of rotatable bonds is 8. The van der Waals surface area contributed by atoms with Crippen LogP contribution in [-0.2, 0) is 6.54 Å². The van der Waals surface area contributed by atoms with Crippen LogP contribution in [-0.4, -0.2) is 61.8 Å². The zero-order valence-electron chi connectivity index (χ0n) is 21.2. The molecule has 0 unspecified atom stereocenters. The molecule has 3 aromatic heterocycles. The van der Waals surface area contributed by atoms with E-state index in [1.54, 1.807) is 12.1 Å². The molecular formula is C28H28ClN5O4S. The van der Waals surface area contributed by atoms with E-state index in [1.807, 2.05) is 22.8 Å². The molecule has 1 aromatic carbocycles. The van der Waals surface area contributed by atoms with Crippen molar-refractivity contribution < 1.29 is 19.2 Å². The molecule has 11 heteroatoms. The highest BCUT2D eigenvalue weighted by molar-refractivity contribution is 7.19. The van der Waals surface area contributed by atoms with Crippen LogP contribution in [0, 0.1) is 0 Å². The molecule has 1 amide bonds. The zero-order valence-corrected chi connectivity index (χ0v) is 22.8. The Morgan fingerprint density at radius 1 is 1.10 bits per heavy atom. The first-order valence-electron chi connectivity index (χ1n) is 13.5. The molecule has 9 nitrogen and oxygen atoms in total. The molecule has 4 aromatic rings. The molecule has 0 spiro atoms. The Kier molecular flexibility index (Phi) is 6.21. The highest BCUT2D eigenvalue weighted by atomic mass is 35.5. The van der Waals surface area contributed by atoms with E-state index in [2.05, 4.69) is 15.4 Å². The van der Waals surface area contributed by atoms with Gasteiger partial charge in [0.05, 0.1) is 32.4 Å². The van der Waals surface area contributed by atoms with Gasteiger partial charge in [0.25, 0.3) is 5.91 Å². The number of carbonyl (C=O) groups is 2. The number of thiophene rings is 1. The SMILES string of the molecule is O=C(O)c1cc(C2CC2)c2c(c1)nc(C(=O)NC1CCN(C3CC3)CC1)n2Cc1cc(-c2ccc(Cl)s2)no1. The van der Waals surface area contributed by atoms with Gasteiger partial charge in [0.15, 0.2) is 11.6 Å². The molecule has 2 N–H and O–H groups in total. The Bertz CT molecular complexity index is 1580. The second-order valence-electron chi connectivity index (χ2n) is 10.8. The maximum absolute atomic E-state index is 13.7. The summed E-state index contributed by atoms with van der Waals surface area (Å²) in [5, 5.41) is 17.2. The average molecular weight is 566 g/mol. The van der Waals surface area contributed by atoms with Crippen molar-refractivity contribution in [2.45, 2.75) is 63.1 Å². The fourth-order valence-electron chi connectivity index (χ4n) is 5.67. The topological polar surface area (TPSA) is 113 Å². The van der Waals surface area contributed by atoms with Crippen LogP contribution < -0.4 is 5.32 Å². The Morgan fingerprint density at radius 3 is 2.56 bits per heavy atom. The fraction of sp³-hybridized carbons (Fsp3) is 0.429. The second-order valence-corrected chi connectivity index (χ2v) is 12.5. The molecule has 202 valence electrons. The molecule has 1 saturated heterocycles. The van der Waals surface area contributed by atoms with Gasteiger partial charge in [-0.15, -0.1) is 11.3 Å². The van der Waals surface area contributed by atoms with Crippen LogP contribution >= 0.6 is 22.9 Å². The van der Waals surface area contributed by atoms with Crippen molar-refractivity contribution in [2.24, 2.45) is 0 Å². The van der Waals surface area contributed by atoms with Crippen LogP contribution in [0.15, 0.2) is 34.9 Å². The van der Waals surface area contributed by atoms with Crippen molar-refractivity contribution >= 4 is 45.8 Å². The molecule has 4 heterocycles. The number of likely N-dealkylation sites (tertiary alicyclic amines) is 1. The molecule has 3 fully saturated rings. The van der Waals surface area contributed by atoms with Gasteiger partial charge >= 0.3 is 5.97 Å². The summed E-state index contributed by atoms with van der Waals surface area (Å²) in [5.74, 6) is -0.167. The molecule has 2 saturated carbocycles. The Hall–Kier alpha value is -3.21. The number of amides is 1. The Balaban J connectivity index is 1.24. The van der Waals surface area contributed by atoms with Crippen molar-refractivity contribution in [1.82, 2.24) is 24.9 Å². The molecule has 1 aliphatic heterocycles. The summed E-state index contributed by atoms with van der Waals surface area (Å²) in [5.41, 5.74) is 3.07. The molecule has 0 bridgehead atoms. The first-order valence-corrected chi connectivity index (χ1v) is 14.7. The molecule has 2 aliphatic carbocycles. The van der Waals surface area contributed by atoms with Crippen molar-refractivity contribution in [3.63, 3.8) is 0 Å². The summed E-state index contributed by atoms with van der Waals surface area (Å²) in [6.07, 6.45) is 6.35. The number of carboxylic acids is 1. The van der Waals surface area contributed by atoms with Crippen molar-refractivity contribution in [3.8, 4) is 10.6 Å². The molecular weight excluding hydrogens is 538 g/mol. The van der Waals surface area contributed by atoms with E-state index in [-0.39, 0.29) is 35.8 Å². The first kappa shape index (κ1) is 24.8. The highest BCUT2D eigenvalue weighted by Gasteiger charge is 2.34. The maximum Gasteiger partial charge on any atom is 0.335 e. The smallest absolute Gasteiger partial charge is 0.335 e. The summed E-state index contributed by atoms with van der Waals surface area (Å²) in [7, 11) is 0. The number of hydrogen-bond donors (Lipinski definition) is 2. The van der Waals surface area contributed by atoms with Gasteiger partial charge in [0.2, 0.25) is 0 Å². The monoisotopic (exact) mass is 565 g/mol. The third-order valence-corrected chi connectivity index (χ3v) is 9.22. The van der Waals surface area contributed by atoms with Crippen LogP contribution in [0.25, 0.3) is 21.6 Å². The zero-order chi connectivity index (χ0) is 26.7. The van der Waals surface area contributed by atoms with Gasteiger partial charge in [-0.1, -0.05) is 16.8 Å². The molecule has 3 aliphatic rings. The lowest BCUT2D eigenvalue weighted by Crippen LogP contribution is -2.45. The number of piperidine rings is 1. The lowest BCUT2D eigenvalue weighted by atomic mass is 10.0. The minimum absolute atomic E-state index is 0.0821. The largest absolute Gasteiger partial charge is 0.478 e. The van der Waals surface area contributed by atoms with Crippen LogP contribution in [0.2, 0.25) is 4.34 Å². The molecule has 0 atom stereocenters. The number of carbonyl (C=O) groups excluding carboxylic acids is 1. The lowest BCUT2D eigenvalue weighted by molar-refractivity contribution is 0.0696. The van der Waals surface area contributed by atoms with E-state index in [0.717, 1.165) is 60.8 Å². The van der Waals surface area contributed by atoms with Crippen LogP contribution in [0.5, 0.6) is 0 Å². The summed E-state index contributed by atoms with van der Waals surface area (Å²) in [6, 6.07) is 9.67. The maximum atomic E-state index is 13.7. The standard InChI is InChI=1S/C28H28ClN5O4S/c29-24-6-5-23(39-24)21-13-19(38-32-21)14-34-25-20(15-1-2-15)11-16(28(36)37)12-22(25)31-26(34)27(35)30-17-7-9-33(10-8-17)18-3-4-18/h5-6,11-13,15,17-18H,1-4,7-10,14H2,(H,30,35)(H,36,37). The van der Waals surface area contributed by atoms with Gasteiger partial charge in [0.1, 0.15) is 5.69 Å². The number of fused-ring (bicyclic) bond motifs is 1. The van der Waals surface area contributed by atoms with Gasteiger partial charge in [0, 0.05) is 31.2 Å². The average Bonchev–Trinajstić information content (AvgIpc) is 3.83. The Labute approximate surface area is 233 Å². The number of aromatic carboxylic acids is 1. The van der Waals surface area contributed by atoms with E-state index >= 15 is 0 Å². The van der Waals surface area contributed by atoms with Gasteiger partial charge < -0.3 is 24.4 Å². The van der Waals surface area contributed by atoms with Crippen molar-refractivity contribution in [1.29, 1.82) is 0 Å². The quantitative estimate of drug-likeness (QED) is 0.294. The van der Waals surface area contributed by atoms with Crippen molar-refractivity contribution in [3.05, 3.63) is 57.4 Å². The lowest BCUT2D eigenvalue weighted by Gasteiger charge is -2.32. The summed E-state index contributed by atoms with van der Waals surface area (Å²) < 4.78 is 8.22. The summed E-state index contributed by atoms with van der Waals surface area (Å²) in [4.78, 5) is 33.7. The van der Waals surface area contributed by atoms with Gasteiger partial charge in [-0.05, 0) is 74.3 Å². The predicted octanol–water partition coefficient (Wildman–Crippen LogP) is 5.39. The second kappa shape index (κ2) is 9.76. The van der Waals surface area contributed by atoms with Gasteiger partial charge in [-0.2, -0.15) is 0 Å². The van der Waals surface area contributed by atoms with Gasteiger partial charge in [-0.3, -0.25) is 4.79 Å². The number of benzene rings is 1. The predicted molar refractivity (Wildman–Crippen MR) is 148 cm³/mol. The van der Waals surface area contributed by atoms with E-state index in [0.29, 0.717) is 21.3 Å². The van der Waals surface area contributed by atoms with E-state index in [4.69, 9.17) is 21.1 Å². The van der Waals surface area contributed by atoms with E-state index in [1.165, 1.54) is 24.2 Å². The van der Waals surface area contributed by atoms with Crippen LogP contribution in [0.3, 0.4) is 0 Å². The normalized spacial score (nSPS) is 18.6. The number of nitrogens with one attached hydrogen (secondary N) is 1. The number of hydrogen-bond acceptors (Lipinski definition) is 7. The third kappa shape index (κ3) is 4.97. The number of carboxylic acid groups (broad SMARTS) is 1. The third-order valence-electron chi connectivity index (χ3n) is 7.97. The van der Waals surface area contributed by atoms with Crippen LogP contribution in [0.1, 0.15) is 76.7 Å². The van der Waals surface area contributed by atoms with Gasteiger partial charge in [-0.25, -0.2) is 9.78 Å². The number of halogens is 1. The Morgan fingerprint density at radius 2 is 1.90 bits per heavy atom. The molecule has 39 heavy (non-hydrogen) atoms. The van der Waals surface area contributed by atoms with Crippen molar-refractivity contribution in [2.75, 3.05) is 13.1 Å². The molecule has 0 radical (unpaired) electrons. The number of imidazole rings is 1. The first-order chi connectivity index (χ1) is 18.9. The summed E-state index contributed by atoms with van der Waals surface area (Å²) >= 11 is 7.52. The minimum atomic E-state index is -1.00.